The van der Waals surface area contributed by atoms with Gasteiger partial charge in [-0.3, -0.25) is 5.41 Å². The van der Waals surface area contributed by atoms with Crippen molar-refractivity contribution in [1.82, 2.24) is 4.90 Å². The fourth-order valence-electron chi connectivity index (χ4n) is 0.491. The van der Waals surface area contributed by atoms with Crippen molar-refractivity contribution < 1.29 is 0 Å². The van der Waals surface area contributed by atoms with Crippen molar-refractivity contribution in [3.63, 3.8) is 0 Å². The SMILES string of the molecule is CN1CCSC1=N. The Bertz CT molecular complexity index is 91.7. The Labute approximate surface area is 47.4 Å². The van der Waals surface area contributed by atoms with Crippen LogP contribution in [-0.4, -0.2) is 29.4 Å². The van der Waals surface area contributed by atoms with E-state index >= 15 is 0 Å². The summed E-state index contributed by atoms with van der Waals surface area (Å²) in [4.78, 5) is 1.95. The molecule has 0 aromatic carbocycles. The van der Waals surface area contributed by atoms with Gasteiger partial charge < -0.3 is 4.90 Å². The molecule has 0 amide bonds. The number of hydrogen-bond donors (Lipinski definition) is 1. The van der Waals surface area contributed by atoms with Crippen molar-refractivity contribution in [2.24, 2.45) is 0 Å². The number of nitrogens with zero attached hydrogens (tertiary/aromatic N) is 1. The van der Waals surface area contributed by atoms with Crippen LogP contribution < -0.4 is 0 Å². The van der Waals surface area contributed by atoms with Gasteiger partial charge >= 0.3 is 0 Å². The van der Waals surface area contributed by atoms with Gasteiger partial charge in [-0.05, 0) is 0 Å². The fourth-order valence-corrected chi connectivity index (χ4v) is 1.36. The second kappa shape index (κ2) is 1.74. The molecule has 40 valence electrons. The average Bonchev–Trinajstić information content (AvgIpc) is 1.91. The molecular formula is C4H8N2S. The molecule has 2 nitrogen and oxygen atoms in total. The van der Waals surface area contributed by atoms with Gasteiger partial charge in [0.25, 0.3) is 0 Å². The summed E-state index contributed by atoms with van der Waals surface area (Å²) in [5.74, 6) is 1.09. The summed E-state index contributed by atoms with van der Waals surface area (Å²) in [5, 5.41) is 7.85. The van der Waals surface area contributed by atoms with Crippen LogP contribution in [0.5, 0.6) is 0 Å². The minimum atomic E-state index is 0.708. The minimum Gasteiger partial charge on any atom is -0.354 e. The zero-order valence-electron chi connectivity index (χ0n) is 4.27. The Morgan fingerprint density at radius 1 is 1.86 bits per heavy atom. The lowest BCUT2D eigenvalue weighted by Crippen LogP contribution is -2.16. The molecule has 1 heterocycles. The summed E-state index contributed by atoms with van der Waals surface area (Å²) < 4.78 is 0. The molecule has 7 heavy (non-hydrogen) atoms. The molecular weight excluding hydrogens is 108 g/mol. The van der Waals surface area contributed by atoms with Crippen LogP contribution in [0.25, 0.3) is 0 Å². The quantitative estimate of drug-likeness (QED) is 0.501. The Kier molecular flexibility index (Phi) is 1.23. The zero-order chi connectivity index (χ0) is 5.28. The van der Waals surface area contributed by atoms with E-state index in [1.807, 2.05) is 11.9 Å². The second-order valence-electron chi connectivity index (χ2n) is 1.58. The molecule has 1 saturated heterocycles. The standard InChI is InChI=1S/C4H8N2S/c1-6-2-3-7-4(6)5/h5H,2-3H2,1H3. The first-order valence-electron chi connectivity index (χ1n) is 2.23. The Morgan fingerprint density at radius 3 is 2.71 bits per heavy atom. The fraction of sp³-hybridized carbons (Fsp3) is 0.750. The summed E-state index contributed by atoms with van der Waals surface area (Å²) in [6.07, 6.45) is 0. The third-order valence-corrected chi connectivity index (χ3v) is 1.98. The van der Waals surface area contributed by atoms with Gasteiger partial charge in [-0.2, -0.15) is 0 Å². The number of amidine groups is 1. The highest BCUT2D eigenvalue weighted by Crippen LogP contribution is 2.12. The highest BCUT2D eigenvalue weighted by molar-refractivity contribution is 8.14. The third-order valence-electron chi connectivity index (χ3n) is 1.01. The molecule has 0 aromatic rings. The molecule has 1 rings (SSSR count). The maximum atomic E-state index is 7.14. The Hall–Kier alpha value is -0.180. The lowest BCUT2D eigenvalue weighted by molar-refractivity contribution is 0.560. The van der Waals surface area contributed by atoms with Crippen molar-refractivity contribution >= 4 is 16.9 Å². The molecule has 3 heteroatoms. The summed E-state index contributed by atoms with van der Waals surface area (Å²) in [5.41, 5.74) is 0. The van der Waals surface area contributed by atoms with Gasteiger partial charge in [0, 0.05) is 19.3 Å². The normalized spacial score (nSPS) is 21.3. The second-order valence-corrected chi connectivity index (χ2v) is 2.66. The van der Waals surface area contributed by atoms with E-state index in [0.717, 1.165) is 12.3 Å². The number of thioether (sulfide) groups is 1. The van der Waals surface area contributed by atoms with E-state index in [9.17, 15) is 0 Å². The van der Waals surface area contributed by atoms with Crippen molar-refractivity contribution in [3.8, 4) is 0 Å². The monoisotopic (exact) mass is 116 g/mol. The van der Waals surface area contributed by atoms with E-state index in [4.69, 9.17) is 5.41 Å². The average molecular weight is 116 g/mol. The summed E-state index contributed by atoms with van der Waals surface area (Å²) >= 11 is 1.61. The summed E-state index contributed by atoms with van der Waals surface area (Å²) in [7, 11) is 1.95. The van der Waals surface area contributed by atoms with Crippen molar-refractivity contribution in [1.29, 1.82) is 5.41 Å². The third kappa shape index (κ3) is 0.881. The summed E-state index contributed by atoms with van der Waals surface area (Å²) in [6.45, 7) is 1.05. The van der Waals surface area contributed by atoms with Gasteiger partial charge in [0.1, 0.15) is 0 Å². The van der Waals surface area contributed by atoms with Gasteiger partial charge in [0.2, 0.25) is 0 Å². The van der Waals surface area contributed by atoms with Crippen LogP contribution in [0.1, 0.15) is 0 Å². The molecule has 1 aliphatic heterocycles. The van der Waals surface area contributed by atoms with Crippen molar-refractivity contribution in [2.45, 2.75) is 0 Å². The predicted molar refractivity (Wildman–Crippen MR) is 32.8 cm³/mol. The molecule has 0 unspecified atom stereocenters. The Balaban J connectivity index is 2.48. The maximum absolute atomic E-state index is 7.14. The van der Waals surface area contributed by atoms with Crippen molar-refractivity contribution in [2.75, 3.05) is 19.3 Å². The van der Waals surface area contributed by atoms with Gasteiger partial charge in [0.05, 0.1) is 0 Å². The molecule has 1 aliphatic rings. The van der Waals surface area contributed by atoms with Gasteiger partial charge in [-0.15, -0.1) is 0 Å². The molecule has 0 aliphatic carbocycles. The first-order chi connectivity index (χ1) is 3.30. The summed E-state index contributed by atoms with van der Waals surface area (Å²) in [6, 6.07) is 0. The number of hydrogen-bond acceptors (Lipinski definition) is 2. The molecule has 1 N–H and O–H groups in total. The lowest BCUT2D eigenvalue weighted by atomic mass is 10.7. The van der Waals surface area contributed by atoms with E-state index < -0.39 is 0 Å². The van der Waals surface area contributed by atoms with Gasteiger partial charge in [-0.25, -0.2) is 0 Å². The molecule has 0 spiro atoms. The largest absolute Gasteiger partial charge is 0.354 e. The zero-order valence-corrected chi connectivity index (χ0v) is 5.09. The van der Waals surface area contributed by atoms with Crippen LogP contribution in [0.4, 0.5) is 0 Å². The first-order valence-corrected chi connectivity index (χ1v) is 3.22. The van der Waals surface area contributed by atoms with E-state index in [1.54, 1.807) is 11.8 Å². The van der Waals surface area contributed by atoms with Gasteiger partial charge in [-0.1, -0.05) is 11.8 Å². The van der Waals surface area contributed by atoms with Gasteiger partial charge in [0.15, 0.2) is 5.17 Å². The van der Waals surface area contributed by atoms with Crippen molar-refractivity contribution in [3.05, 3.63) is 0 Å². The maximum Gasteiger partial charge on any atom is 0.156 e. The smallest absolute Gasteiger partial charge is 0.156 e. The molecule has 0 atom stereocenters. The lowest BCUT2D eigenvalue weighted by Gasteiger charge is -2.05. The topological polar surface area (TPSA) is 27.1 Å². The van der Waals surface area contributed by atoms with E-state index in [2.05, 4.69) is 0 Å². The van der Waals surface area contributed by atoms with E-state index in [-0.39, 0.29) is 0 Å². The van der Waals surface area contributed by atoms with Crippen LogP contribution in [0.3, 0.4) is 0 Å². The molecule has 0 saturated carbocycles. The number of rotatable bonds is 0. The highest BCUT2D eigenvalue weighted by atomic mass is 32.2. The van der Waals surface area contributed by atoms with E-state index in [0.29, 0.717) is 5.17 Å². The molecule has 0 aromatic heterocycles. The molecule has 0 radical (unpaired) electrons. The molecule has 0 bridgehead atoms. The first kappa shape index (κ1) is 4.97. The predicted octanol–water partition coefficient (Wildman–Crippen LogP) is 0.600. The van der Waals surface area contributed by atoms with Crippen LogP contribution in [0, 0.1) is 5.41 Å². The highest BCUT2D eigenvalue weighted by Gasteiger charge is 2.11. The van der Waals surface area contributed by atoms with E-state index in [1.165, 1.54) is 0 Å². The van der Waals surface area contributed by atoms with Crippen LogP contribution in [-0.2, 0) is 0 Å². The molecule has 1 fully saturated rings. The minimum absolute atomic E-state index is 0.708. The number of nitrogens with one attached hydrogen (secondary N) is 1. The van der Waals surface area contributed by atoms with Crippen LogP contribution in [0.15, 0.2) is 0 Å². The Morgan fingerprint density at radius 2 is 2.57 bits per heavy atom. The van der Waals surface area contributed by atoms with Crippen LogP contribution >= 0.6 is 11.8 Å². The van der Waals surface area contributed by atoms with Crippen LogP contribution in [0.2, 0.25) is 0 Å².